The highest BCUT2D eigenvalue weighted by molar-refractivity contribution is 5.99. The van der Waals surface area contributed by atoms with Crippen molar-refractivity contribution in [3.63, 3.8) is 0 Å². The Balaban J connectivity index is 2.72. The zero-order valence-electron chi connectivity index (χ0n) is 11.4. The molecule has 0 spiro atoms. The Morgan fingerprint density at radius 2 is 1.94 bits per heavy atom. The first-order valence-electron chi connectivity index (χ1n) is 5.90. The molecule has 0 saturated heterocycles. The minimum Gasteiger partial charge on any atom is -0.350 e. The Morgan fingerprint density at radius 1 is 1.33 bits per heavy atom. The number of amides is 1. The third-order valence-electron chi connectivity index (χ3n) is 3.22. The van der Waals surface area contributed by atoms with Crippen molar-refractivity contribution in [3.05, 3.63) is 29.8 Å². The second kappa shape index (κ2) is 5.84. The second-order valence-corrected chi connectivity index (χ2v) is 5.08. The van der Waals surface area contributed by atoms with Gasteiger partial charge in [0.15, 0.2) is 0 Å². The van der Waals surface area contributed by atoms with Crippen molar-refractivity contribution >= 4 is 11.6 Å². The lowest BCUT2D eigenvalue weighted by molar-refractivity contribution is 0.0920. The molecule has 1 aromatic rings. The average Bonchev–Trinajstić information content (AvgIpc) is 2.35. The molecule has 4 N–H and O–H groups in total. The topological polar surface area (TPSA) is 70.4 Å². The number of nitrogens with one attached hydrogen (secondary N) is 2. The third kappa shape index (κ3) is 3.45. The lowest BCUT2D eigenvalue weighted by Gasteiger charge is -2.32. The van der Waals surface area contributed by atoms with E-state index < -0.39 is 0 Å². The van der Waals surface area contributed by atoms with Crippen LogP contribution in [0.4, 0.5) is 5.69 Å². The molecule has 0 atom stereocenters. The van der Waals surface area contributed by atoms with Crippen molar-refractivity contribution in [1.82, 2.24) is 10.2 Å². The van der Waals surface area contributed by atoms with E-state index in [1.54, 1.807) is 12.1 Å². The summed E-state index contributed by atoms with van der Waals surface area (Å²) in [7, 11) is 3.98. The molecule has 1 amide bonds. The number of anilines is 1. The molecule has 5 nitrogen and oxygen atoms in total. The van der Waals surface area contributed by atoms with E-state index in [-0.39, 0.29) is 11.4 Å². The monoisotopic (exact) mass is 250 g/mol. The van der Waals surface area contributed by atoms with Gasteiger partial charge in [0.1, 0.15) is 0 Å². The summed E-state index contributed by atoms with van der Waals surface area (Å²) in [5.74, 6) is 5.25. The first-order chi connectivity index (χ1) is 8.38. The molecule has 1 rings (SSSR count). The molecule has 0 heterocycles. The van der Waals surface area contributed by atoms with E-state index in [0.717, 1.165) is 0 Å². The van der Waals surface area contributed by atoms with Crippen molar-refractivity contribution in [3.8, 4) is 0 Å². The van der Waals surface area contributed by atoms with E-state index in [4.69, 9.17) is 5.84 Å². The maximum Gasteiger partial charge on any atom is 0.253 e. The summed E-state index contributed by atoms with van der Waals surface area (Å²) in [5, 5.41) is 2.92. The molecule has 0 fully saturated rings. The number of likely N-dealkylation sites (N-methyl/N-ethyl adjacent to an activating group) is 1. The van der Waals surface area contributed by atoms with Gasteiger partial charge in [-0.25, -0.2) is 0 Å². The van der Waals surface area contributed by atoms with Crippen molar-refractivity contribution in [2.75, 3.05) is 26.1 Å². The van der Waals surface area contributed by atoms with Crippen molar-refractivity contribution in [2.24, 2.45) is 5.84 Å². The number of nitrogens with two attached hydrogens (primary N) is 1. The molecule has 18 heavy (non-hydrogen) atoms. The van der Waals surface area contributed by atoms with Gasteiger partial charge < -0.3 is 15.6 Å². The van der Waals surface area contributed by atoms with Crippen LogP contribution in [-0.4, -0.2) is 37.0 Å². The predicted molar refractivity (Wildman–Crippen MR) is 74.4 cm³/mol. The lowest BCUT2D eigenvalue weighted by atomic mass is 10.0. The zero-order chi connectivity index (χ0) is 13.8. The normalized spacial score (nSPS) is 11.4. The van der Waals surface area contributed by atoms with E-state index in [0.29, 0.717) is 17.8 Å². The first-order valence-corrected chi connectivity index (χ1v) is 5.90. The van der Waals surface area contributed by atoms with Gasteiger partial charge in [-0.1, -0.05) is 12.1 Å². The van der Waals surface area contributed by atoms with Crippen LogP contribution in [0.2, 0.25) is 0 Å². The predicted octanol–water partition coefficient (Wildman–Crippen LogP) is 1.04. The zero-order valence-corrected chi connectivity index (χ0v) is 11.4. The van der Waals surface area contributed by atoms with Gasteiger partial charge in [-0.05, 0) is 40.1 Å². The first kappa shape index (κ1) is 14.5. The SMILES string of the molecule is CN(C)C(C)(C)CNC(=O)c1ccccc1NN. The quantitative estimate of drug-likeness (QED) is 0.539. The number of hydrogen-bond donors (Lipinski definition) is 3. The number of carbonyl (C=O) groups excluding carboxylic acids is 1. The Kier molecular flexibility index (Phi) is 4.69. The van der Waals surface area contributed by atoms with Gasteiger partial charge in [-0.15, -0.1) is 0 Å². The van der Waals surface area contributed by atoms with E-state index in [9.17, 15) is 4.79 Å². The highest BCUT2D eigenvalue weighted by atomic mass is 16.1. The average molecular weight is 250 g/mol. The van der Waals surface area contributed by atoms with Gasteiger partial charge in [-0.3, -0.25) is 10.6 Å². The van der Waals surface area contributed by atoms with Crippen LogP contribution in [0.25, 0.3) is 0 Å². The van der Waals surface area contributed by atoms with Crippen LogP contribution >= 0.6 is 0 Å². The Bertz CT molecular complexity index is 415. The molecular formula is C13H22N4O. The molecule has 0 bridgehead atoms. The number of nitrogens with zero attached hydrogens (tertiary/aromatic N) is 1. The molecule has 0 radical (unpaired) electrons. The Hall–Kier alpha value is -1.59. The van der Waals surface area contributed by atoms with Crippen molar-refractivity contribution < 1.29 is 4.79 Å². The third-order valence-corrected chi connectivity index (χ3v) is 3.22. The van der Waals surface area contributed by atoms with Gasteiger partial charge in [0.05, 0.1) is 11.3 Å². The van der Waals surface area contributed by atoms with E-state index in [1.165, 1.54) is 0 Å². The Labute approximate surface area is 108 Å². The summed E-state index contributed by atoms with van der Waals surface area (Å²) in [5.41, 5.74) is 3.60. The fraction of sp³-hybridized carbons (Fsp3) is 0.462. The fourth-order valence-electron chi connectivity index (χ4n) is 1.36. The van der Waals surface area contributed by atoms with E-state index in [1.807, 2.05) is 26.2 Å². The molecule has 0 aliphatic rings. The minimum atomic E-state index is -0.126. The highest BCUT2D eigenvalue weighted by Crippen LogP contribution is 2.14. The smallest absolute Gasteiger partial charge is 0.253 e. The van der Waals surface area contributed by atoms with Crippen LogP contribution in [0.5, 0.6) is 0 Å². The number of benzene rings is 1. The molecule has 0 aliphatic carbocycles. The summed E-state index contributed by atoms with van der Waals surface area (Å²) in [6.45, 7) is 4.71. The van der Waals surface area contributed by atoms with Gasteiger partial charge in [0.2, 0.25) is 0 Å². The summed E-state index contributed by atoms with van der Waals surface area (Å²) < 4.78 is 0. The molecule has 0 aromatic heterocycles. The summed E-state index contributed by atoms with van der Waals surface area (Å²) in [4.78, 5) is 14.1. The molecule has 100 valence electrons. The standard InChI is InChI=1S/C13H22N4O/c1-13(2,17(3)4)9-15-12(18)10-7-5-6-8-11(10)16-14/h5-8,16H,9,14H2,1-4H3,(H,15,18). The summed E-state index contributed by atoms with van der Waals surface area (Å²) in [6, 6.07) is 7.15. The molecule has 0 aliphatic heterocycles. The highest BCUT2D eigenvalue weighted by Gasteiger charge is 2.21. The number of para-hydroxylation sites is 1. The summed E-state index contributed by atoms with van der Waals surface area (Å²) >= 11 is 0. The van der Waals surface area contributed by atoms with Gasteiger partial charge >= 0.3 is 0 Å². The molecule has 0 unspecified atom stereocenters. The lowest BCUT2D eigenvalue weighted by Crippen LogP contribution is -2.48. The van der Waals surface area contributed by atoms with Crippen LogP contribution in [0.3, 0.4) is 0 Å². The second-order valence-electron chi connectivity index (χ2n) is 5.08. The maximum absolute atomic E-state index is 12.1. The van der Waals surface area contributed by atoms with Crippen LogP contribution in [0.15, 0.2) is 24.3 Å². The molecular weight excluding hydrogens is 228 g/mol. The number of hydrogen-bond acceptors (Lipinski definition) is 4. The summed E-state index contributed by atoms with van der Waals surface area (Å²) in [6.07, 6.45) is 0. The number of nitrogen functional groups attached to an aromatic ring is 1. The minimum absolute atomic E-state index is 0.0965. The number of carbonyl (C=O) groups is 1. The van der Waals surface area contributed by atoms with E-state index >= 15 is 0 Å². The van der Waals surface area contributed by atoms with Gasteiger partial charge in [0, 0.05) is 12.1 Å². The van der Waals surface area contributed by atoms with Crippen LogP contribution in [0, 0.1) is 0 Å². The fourth-order valence-corrected chi connectivity index (χ4v) is 1.36. The largest absolute Gasteiger partial charge is 0.350 e. The van der Waals surface area contributed by atoms with Crippen LogP contribution in [-0.2, 0) is 0 Å². The Morgan fingerprint density at radius 3 is 2.50 bits per heavy atom. The molecule has 5 heteroatoms. The van der Waals surface area contributed by atoms with Gasteiger partial charge in [-0.2, -0.15) is 0 Å². The molecule has 0 saturated carbocycles. The van der Waals surface area contributed by atoms with Crippen molar-refractivity contribution in [2.45, 2.75) is 19.4 Å². The van der Waals surface area contributed by atoms with Crippen molar-refractivity contribution in [1.29, 1.82) is 0 Å². The van der Waals surface area contributed by atoms with Gasteiger partial charge in [0.25, 0.3) is 5.91 Å². The van der Waals surface area contributed by atoms with Crippen LogP contribution in [0.1, 0.15) is 24.2 Å². The number of hydrazine groups is 1. The number of rotatable bonds is 5. The molecule has 1 aromatic carbocycles. The maximum atomic E-state index is 12.1. The van der Waals surface area contributed by atoms with Crippen LogP contribution < -0.4 is 16.6 Å². The van der Waals surface area contributed by atoms with E-state index in [2.05, 4.69) is 29.5 Å².